The van der Waals surface area contributed by atoms with E-state index < -0.39 is 23.0 Å². The van der Waals surface area contributed by atoms with Crippen LogP contribution in [0.15, 0.2) is 0 Å². The zero-order valence-corrected chi connectivity index (χ0v) is 8.50. The molecule has 1 rings (SSSR count). The summed E-state index contributed by atoms with van der Waals surface area (Å²) in [5.41, 5.74) is -1.36. The van der Waals surface area contributed by atoms with Crippen molar-refractivity contribution in [2.24, 2.45) is 5.92 Å². The van der Waals surface area contributed by atoms with Gasteiger partial charge in [0, 0.05) is 11.1 Å². The van der Waals surface area contributed by atoms with Gasteiger partial charge < -0.3 is 15.4 Å². The summed E-state index contributed by atoms with van der Waals surface area (Å²) in [6, 6.07) is 0. The molecule has 0 aromatic rings. The Kier molecular flexibility index (Phi) is 2.16. The van der Waals surface area contributed by atoms with Gasteiger partial charge >= 0.3 is 5.97 Å². The van der Waals surface area contributed by atoms with Crippen LogP contribution in [0.4, 0.5) is 0 Å². The fourth-order valence-corrected chi connectivity index (χ4v) is 2.14. The van der Waals surface area contributed by atoms with Crippen molar-refractivity contribution in [1.29, 1.82) is 0 Å². The molecule has 1 saturated heterocycles. The van der Waals surface area contributed by atoms with Crippen LogP contribution in [0, 0.1) is 11.1 Å². The SMILES string of the molecule is CC1(C)CC(C(=O)O)C(C)(C)N1[O-]. The third kappa shape index (κ3) is 1.44. The maximum Gasteiger partial charge on any atom is 0.308 e. The maximum absolute atomic E-state index is 11.7. The summed E-state index contributed by atoms with van der Waals surface area (Å²) in [5, 5.41) is 21.6. The molecular formula is C9H16NO3-. The molecule has 0 saturated carbocycles. The second-order valence-electron chi connectivity index (χ2n) is 4.86. The molecule has 76 valence electrons. The molecule has 1 atom stereocenters. The second-order valence-corrected chi connectivity index (χ2v) is 4.86. The largest absolute Gasteiger partial charge is 0.784 e. The summed E-state index contributed by atoms with van der Waals surface area (Å²) < 4.78 is 0. The molecule has 4 nitrogen and oxygen atoms in total. The zero-order valence-electron chi connectivity index (χ0n) is 8.50. The molecule has 1 aliphatic rings. The minimum Gasteiger partial charge on any atom is -0.784 e. The van der Waals surface area contributed by atoms with E-state index in [-0.39, 0.29) is 0 Å². The van der Waals surface area contributed by atoms with Crippen LogP contribution in [0.2, 0.25) is 0 Å². The van der Waals surface area contributed by atoms with Gasteiger partial charge in [-0.05, 0) is 34.1 Å². The molecule has 1 aliphatic heterocycles. The first kappa shape index (κ1) is 10.5. The molecule has 0 bridgehead atoms. The van der Waals surface area contributed by atoms with Gasteiger partial charge in [-0.1, -0.05) is 0 Å². The predicted octanol–water partition coefficient (Wildman–Crippen LogP) is 1.45. The summed E-state index contributed by atoms with van der Waals surface area (Å²) in [7, 11) is 0. The maximum atomic E-state index is 11.7. The summed E-state index contributed by atoms with van der Waals surface area (Å²) in [5.74, 6) is -1.45. The van der Waals surface area contributed by atoms with Gasteiger partial charge in [-0.25, -0.2) is 0 Å². The van der Waals surface area contributed by atoms with E-state index in [1.807, 2.05) is 0 Å². The lowest BCUT2D eigenvalue weighted by Crippen LogP contribution is -2.46. The lowest BCUT2D eigenvalue weighted by atomic mass is 9.87. The van der Waals surface area contributed by atoms with E-state index in [0.717, 1.165) is 5.06 Å². The standard InChI is InChI=1S/C9H16NO3/c1-8(2)5-6(7(11)12)9(3,4)10(8)13/h6H,5H2,1-4H3,(H,11,12)/q-1. The molecule has 0 spiro atoms. The van der Waals surface area contributed by atoms with Crippen LogP contribution >= 0.6 is 0 Å². The first-order valence-electron chi connectivity index (χ1n) is 4.40. The third-order valence-electron chi connectivity index (χ3n) is 2.93. The Hall–Kier alpha value is -0.610. The highest BCUT2D eigenvalue weighted by Crippen LogP contribution is 2.43. The molecule has 0 aromatic carbocycles. The Morgan fingerprint density at radius 1 is 1.46 bits per heavy atom. The fourth-order valence-electron chi connectivity index (χ4n) is 2.14. The molecule has 0 radical (unpaired) electrons. The third-order valence-corrected chi connectivity index (χ3v) is 2.93. The summed E-state index contributed by atoms with van der Waals surface area (Å²) in [6.07, 6.45) is 0.416. The van der Waals surface area contributed by atoms with Crippen molar-refractivity contribution in [3.63, 3.8) is 0 Å². The van der Waals surface area contributed by atoms with Crippen molar-refractivity contribution in [1.82, 2.24) is 5.06 Å². The molecule has 0 aliphatic carbocycles. The van der Waals surface area contributed by atoms with E-state index in [9.17, 15) is 10.0 Å². The Labute approximate surface area is 78.1 Å². The first-order valence-corrected chi connectivity index (χ1v) is 4.40. The fraction of sp³-hybridized carbons (Fsp3) is 0.889. The summed E-state index contributed by atoms with van der Waals surface area (Å²) in [4.78, 5) is 10.9. The van der Waals surface area contributed by atoms with Crippen molar-refractivity contribution in [2.75, 3.05) is 0 Å². The van der Waals surface area contributed by atoms with Gasteiger partial charge in [-0.3, -0.25) is 4.79 Å². The Bertz CT molecular complexity index is 235. The molecule has 0 amide bonds. The van der Waals surface area contributed by atoms with Gasteiger partial charge in [-0.15, -0.1) is 0 Å². The number of rotatable bonds is 1. The van der Waals surface area contributed by atoms with Crippen LogP contribution in [-0.4, -0.2) is 27.2 Å². The van der Waals surface area contributed by atoms with E-state index >= 15 is 0 Å². The van der Waals surface area contributed by atoms with E-state index in [4.69, 9.17) is 5.11 Å². The quantitative estimate of drug-likeness (QED) is 0.673. The van der Waals surface area contributed by atoms with Crippen LogP contribution in [0.5, 0.6) is 0 Å². The number of carboxylic acids is 1. The van der Waals surface area contributed by atoms with E-state index in [2.05, 4.69) is 0 Å². The number of nitrogens with zero attached hydrogens (tertiary/aromatic N) is 1. The van der Waals surface area contributed by atoms with Gasteiger partial charge in [-0.2, -0.15) is 0 Å². The number of hydrogen-bond acceptors (Lipinski definition) is 3. The summed E-state index contributed by atoms with van der Waals surface area (Å²) in [6.45, 7) is 6.94. The van der Waals surface area contributed by atoms with Crippen molar-refractivity contribution >= 4 is 5.97 Å². The molecular weight excluding hydrogens is 170 g/mol. The molecule has 1 unspecified atom stereocenters. The first-order chi connectivity index (χ1) is 5.69. The van der Waals surface area contributed by atoms with Crippen LogP contribution in [0.1, 0.15) is 34.1 Å². The van der Waals surface area contributed by atoms with Gasteiger partial charge in [0.2, 0.25) is 0 Å². The lowest BCUT2D eigenvalue weighted by Gasteiger charge is -2.46. The van der Waals surface area contributed by atoms with Crippen molar-refractivity contribution in [2.45, 2.75) is 45.2 Å². The highest BCUT2D eigenvalue weighted by Gasteiger charge is 2.49. The average molecular weight is 186 g/mol. The number of carbonyl (C=O) groups is 1. The summed E-state index contributed by atoms with van der Waals surface area (Å²) >= 11 is 0. The topological polar surface area (TPSA) is 63.6 Å². The molecule has 4 heteroatoms. The van der Waals surface area contributed by atoms with Gasteiger partial charge in [0.15, 0.2) is 0 Å². The van der Waals surface area contributed by atoms with Crippen molar-refractivity contribution < 1.29 is 9.90 Å². The number of hydrogen-bond donors (Lipinski definition) is 1. The molecule has 1 fully saturated rings. The van der Waals surface area contributed by atoms with Crippen LogP contribution in [-0.2, 0) is 4.79 Å². The van der Waals surface area contributed by atoms with Crippen molar-refractivity contribution in [3.05, 3.63) is 5.21 Å². The Balaban J connectivity index is 3.00. The second kappa shape index (κ2) is 2.69. The number of carboxylic acid groups (broad SMARTS) is 1. The number of aliphatic carboxylic acids is 1. The van der Waals surface area contributed by atoms with Gasteiger partial charge in [0.05, 0.1) is 5.92 Å². The lowest BCUT2D eigenvalue weighted by molar-refractivity contribution is -0.143. The van der Waals surface area contributed by atoms with E-state index in [1.54, 1.807) is 27.7 Å². The highest BCUT2D eigenvalue weighted by atomic mass is 16.5. The van der Waals surface area contributed by atoms with Crippen LogP contribution in [0.25, 0.3) is 0 Å². The van der Waals surface area contributed by atoms with Crippen LogP contribution in [0.3, 0.4) is 0 Å². The normalized spacial score (nSPS) is 31.9. The predicted molar refractivity (Wildman–Crippen MR) is 49.1 cm³/mol. The van der Waals surface area contributed by atoms with Gasteiger partial charge in [0.1, 0.15) is 0 Å². The number of hydroxylamine groups is 2. The Morgan fingerprint density at radius 2 is 1.92 bits per heavy atom. The minimum absolute atomic E-state index is 0.416. The molecule has 1 heterocycles. The zero-order chi connectivity index (χ0) is 10.4. The molecule has 0 aromatic heterocycles. The van der Waals surface area contributed by atoms with Crippen molar-refractivity contribution in [3.8, 4) is 0 Å². The minimum atomic E-state index is -0.878. The highest BCUT2D eigenvalue weighted by molar-refractivity contribution is 5.72. The smallest absolute Gasteiger partial charge is 0.308 e. The molecule has 1 N–H and O–H groups in total. The monoisotopic (exact) mass is 186 g/mol. The average Bonchev–Trinajstić information content (AvgIpc) is 2.11. The Morgan fingerprint density at radius 3 is 2.08 bits per heavy atom. The molecule has 13 heavy (non-hydrogen) atoms. The van der Waals surface area contributed by atoms with Crippen LogP contribution < -0.4 is 0 Å². The van der Waals surface area contributed by atoms with Gasteiger partial charge in [0.25, 0.3) is 0 Å². The van der Waals surface area contributed by atoms with E-state index in [1.165, 1.54) is 0 Å². The van der Waals surface area contributed by atoms with E-state index in [0.29, 0.717) is 6.42 Å².